The zero-order valence-electron chi connectivity index (χ0n) is 13.7. The SMILES string of the molecule is COC(C)(C)CC(C)NC(=O)NCCc1ccc(C)nc1. The van der Waals surface area contributed by atoms with E-state index < -0.39 is 0 Å². The molecular weight excluding hydrogens is 266 g/mol. The molecule has 21 heavy (non-hydrogen) atoms. The van der Waals surface area contributed by atoms with E-state index in [1.807, 2.05) is 46.0 Å². The van der Waals surface area contributed by atoms with E-state index in [1.165, 1.54) is 0 Å². The van der Waals surface area contributed by atoms with E-state index >= 15 is 0 Å². The first kappa shape index (κ1) is 17.4. The number of nitrogens with one attached hydrogen (secondary N) is 2. The summed E-state index contributed by atoms with van der Waals surface area (Å²) in [5.41, 5.74) is 1.88. The molecule has 118 valence electrons. The lowest BCUT2D eigenvalue weighted by molar-refractivity contribution is 0.00951. The summed E-state index contributed by atoms with van der Waals surface area (Å²) in [6.07, 6.45) is 3.39. The van der Waals surface area contributed by atoms with Crippen LogP contribution >= 0.6 is 0 Å². The minimum atomic E-state index is -0.236. The van der Waals surface area contributed by atoms with Crippen LogP contribution in [0.1, 0.15) is 38.4 Å². The summed E-state index contributed by atoms with van der Waals surface area (Å²) in [4.78, 5) is 16.0. The third-order valence-electron chi connectivity index (χ3n) is 3.40. The number of aryl methyl sites for hydroxylation is 1. The first-order valence-electron chi connectivity index (χ1n) is 7.33. The number of carbonyl (C=O) groups is 1. The lowest BCUT2D eigenvalue weighted by Gasteiger charge is -2.27. The fourth-order valence-electron chi connectivity index (χ4n) is 2.11. The van der Waals surface area contributed by atoms with Crippen molar-refractivity contribution in [2.75, 3.05) is 13.7 Å². The Morgan fingerprint density at radius 3 is 2.71 bits per heavy atom. The first-order chi connectivity index (χ1) is 9.82. The zero-order chi connectivity index (χ0) is 15.9. The molecule has 1 unspecified atom stereocenters. The van der Waals surface area contributed by atoms with Crippen LogP contribution in [-0.4, -0.2) is 36.3 Å². The molecule has 0 saturated heterocycles. The number of urea groups is 1. The molecular formula is C16H27N3O2. The molecule has 0 saturated carbocycles. The van der Waals surface area contributed by atoms with Crippen LogP contribution in [0.4, 0.5) is 4.79 Å². The number of amides is 2. The van der Waals surface area contributed by atoms with Gasteiger partial charge >= 0.3 is 6.03 Å². The summed E-state index contributed by atoms with van der Waals surface area (Å²) in [5, 5.41) is 5.78. The number of hydrogen-bond donors (Lipinski definition) is 2. The maximum absolute atomic E-state index is 11.8. The standard InChI is InChI=1S/C16H27N3O2/c1-12-6-7-14(11-18-12)8-9-17-15(20)19-13(2)10-16(3,4)21-5/h6-7,11,13H,8-10H2,1-5H3,(H2,17,19,20). The van der Waals surface area contributed by atoms with E-state index in [-0.39, 0.29) is 17.7 Å². The molecule has 1 atom stereocenters. The number of ether oxygens (including phenoxy) is 1. The summed E-state index contributed by atoms with van der Waals surface area (Å²) in [6.45, 7) is 8.54. The Morgan fingerprint density at radius 1 is 1.43 bits per heavy atom. The molecule has 0 radical (unpaired) electrons. The maximum atomic E-state index is 11.8. The van der Waals surface area contributed by atoms with Crippen molar-refractivity contribution in [1.29, 1.82) is 0 Å². The average Bonchev–Trinajstić information content (AvgIpc) is 2.40. The molecule has 0 spiro atoms. The summed E-state index contributed by atoms with van der Waals surface area (Å²) >= 11 is 0. The summed E-state index contributed by atoms with van der Waals surface area (Å²) in [5.74, 6) is 0. The lowest BCUT2D eigenvalue weighted by Crippen LogP contribution is -2.44. The van der Waals surface area contributed by atoms with Crippen molar-refractivity contribution in [1.82, 2.24) is 15.6 Å². The van der Waals surface area contributed by atoms with Crippen molar-refractivity contribution in [3.8, 4) is 0 Å². The summed E-state index contributed by atoms with van der Waals surface area (Å²) in [6, 6.07) is 3.92. The van der Waals surface area contributed by atoms with E-state index in [0.29, 0.717) is 6.54 Å². The Kier molecular flexibility index (Phi) is 6.62. The van der Waals surface area contributed by atoms with Crippen LogP contribution in [0.25, 0.3) is 0 Å². The average molecular weight is 293 g/mol. The van der Waals surface area contributed by atoms with Crippen LogP contribution in [-0.2, 0) is 11.2 Å². The predicted octanol–water partition coefficient (Wildman–Crippen LogP) is 2.44. The minimum absolute atomic E-state index is 0.0565. The van der Waals surface area contributed by atoms with Gasteiger partial charge in [-0.1, -0.05) is 6.07 Å². The van der Waals surface area contributed by atoms with Gasteiger partial charge in [-0.05, 0) is 52.2 Å². The van der Waals surface area contributed by atoms with Crippen LogP contribution in [0.2, 0.25) is 0 Å². The molecule has 1 aromatic rings. The normalized spacial score (nSPS) is 12.8. The van der Waals surface area contributed by atoms with Crippen LogP contribution in [0, 0.1) is 6.92 Å². The second-order valence-corrected chi connectivity index (χ2v) is 6.03. The number of hydrogen-bond acceptors (Lipinski definition) is 3. The quantitative estimate of drug-likeness (QED) is 0.811. The molecule has 0 aromatic carbocycles. The number of rotatable bonds is 7. The molecule has 5 heteroatoms. The smallest absolute Gasteiger partial charge is 0.315 e. The minimum Gasteiger partial charge on any atom is -0.379 e. The Balaban J connectivity index is 2.26. The summed E-state index contributed by atoms with van der Waals surface area (Å²) in [7, 11) is 1.68. The van der Waals surface area contributed by atoms with Gasteiger partial charge < -0.3 is 15.4 Å². The third-order valence-corrected chi connectivity index (χ3v) is 3.40. The molecule has 0 bridgehead atoms. The highest BCUT2D eigenvalue weighted by Crippen LogP contribution is 2.15. The van der Waals surface area contributed by atoms with Gasteiger partial charge in [0.1, 0.15) is 0 Å². The number of pyridine rings is 1. The Bertz CT molecular complexity index is 443. The van der Waals surface area contributed by atoms with E-state index in [4.69, 9.17) is 4.74 Å². The van der Waals surface area contributed by atoms with Crippen molar-refractivity contribution >= 4 is 6.03 Å². The van der Waals surface area contributed by atoms with E-state index in [1.54, 1.807) is 7.11 Å². The fraction of sp³-hybridized carbons (Fsp3) is 0.625. The highest BCUT2D eigenvalue weighted by molar-refractivity contribution is 5.74. The van der Waals surface area contributed by atoms with Gasteiger partial charge in [0.25, 0.3) is 0 Å². The van der Waals surface area contributed by atoms with E-state index in [0.717, 1.165) is 24.1 Å². The highest BCUT2D eigenvalue weighted by Gasteiger charge is 2.20. The van der Waals surface area contributed by atoms with Gasteiger partial charge in [-0.2, -0.15) is 0 Å². The monoisotopic (exact) mass is 293 g/mol. The van der Waals surface area contributed by atoms with Crippen LogP contribution in [0.5, 0.6) is 0 Å². The number of carbonyl (C=O) groups excluding carboxylic acids is 1. The van der Waals surface area contributed by atoms with Crippen molar-refractivity contribution in [2.45, 2.75) is 52.2 Å². The Hall–Kier alpha value is -1.62. The van der Waals surface area contributed by atoms with Gasteiger partial charge in [-0.15, -0.1) is 0 Å². The molecule has 0 aliphatic heterocycles. The first-order valence-corrected chi connectivity index (χ1v) is 7.33. The van der Waals surface area contributed by atoms with Crippen LogP contribution in [0.3, 0.4) is 0 Å². The number of methoxy groups -OCH3 is 1. The molecule has 0 aliphatic carbocycles. The largest absolute Gasteiger partial charge is 0.379 e. The molecule has 1 rings (SSSR count). The number of nitrogens with zero attached hydrogens (tertiary/aromatic N) is 1. The van der Waals surface area contributed by atoms with Crippen LogP contribution in [0.15, 0.2) is 18.3 Å². The highest BCUT2D eigenvalue weighted by atomic mass is 16.5. The maximum Gasteiger partial charge on any atom is 0.315 e. The topological polar surface area (TPSA) is 63.2 Å². The van der Waals surface area contributed by atoms with E-state index in [9.17, 15) is 4.79 Å². The van der Waals surface area contributed by atoms with Gasteiger partial charge in [0.05, 0.1) is 5.60 Å². The lowest BCUT2D eigenvalue weighted by atomic mass is 10.00. The van der Waals surface area contributed by atoms with Gasteiger partial charge in [0, 0.05) is 31.6 Å². The van der Waals surface area contributed by atoms with Crippen molar-refractivity contribution in [3.63, 3.8) is 0 Å². The van der Waals surface area contributed by atoms with Crippen molar-refractivity contribution < 1.29 is 9.53 Å². The molecule has 0 fully saturated rings. The Morgan fingerprint density at radius 2 is 2.14 bits per heavy atom. The fourth-order valence-corrected chi connectivity index (χ4v) is 2.11. The van der Waals surface area contributed by atoms with Gasteiger partial charge in [0.15, 0.2) is 0 Å². The predicted molar refractivity (Wildman–Crippen MR) is 84.4 cm³/mol. The van der Waals surface area contributed by atoms with Crippen LogP contribution < -0.4 is 10.6 Å². The number of aromatic nitrogens is 1. The zero-order valence-corrected chi connectivity index (χ0v) is 13.7. The molecule has 1 aromatic heterocycles. The van der Waals surface area contributed by atoms with E-state index in [2.05, 4.69) is 15.6 Å². The molecule has 2 N–H and O–H groups in total. The summed E-state index contributed by atoms with van der Waals surface area (Å²) < 4.78 is 5.36. The van der Waals surface area contributed by atoms with Gasteiger partial charge in [-0.3, -0.25) is 4.98 Å². The van der Waals surface area contributed by atoms with Crippen molar-refractivity contribution in [2.24, 2.45) is 0 Å². The molecule has 5 nitrogen and oxygen atoms in total. The Labute approximate surface area is 127 Å². The second kappa shape index (κ2) is 7.98. The van der Waals surface area contributed by atoms with Gasteiger partial charge in [0.2, 0.25) is 0 Å². The third kappa shape index (κ3) is 7.09. The molecule has 2 amide bonds. The molecule has 0 aliphatic rings. The molecule has 1 heterocycles. The second-order valence-electron chi connectivity index (χ2n) is 6.03. The van der Waals surface area contributed by atoms with Crippen molar-refractivity contribution in [3.05, 3.63) is 29.6 Å². The van der Waals surface area contributed by atoms with Gasteiger partial charge in [-0.25, -0.2) is 4.79 Å².